The molecule has 2 heterocycles. The van der Waals surface area contributed by atoms with Gasteiger partial charge in [-0.3, -0.25) is 0 Å². The lowest BCUT2D eigenvalue weighted by atomic mass is 10.0. The molecule has 5 heteroatoms. The van der Waals surface area contributed by atoms with Gasteiger partial charge in [0.2, 0.25) is 0 Å². The molecule has 1 N–H and O–H groups in total. The molecule has 4 rings (SSSR count). The summed E-state index contributed by atoms with van der Waals surface area (Å²) in [5.41, 5.74) is 2.53. The van der Waals surface area contributed by atoms with E-state index in [1.165, 1.54) is 34.0 Å². The van der Waals surface area contributed by atoms with Crippen LogP contribution in [0, 0.1) is 0 Å². The van der Waals surface area contributed by atoms with Crippen LogP contribution in [0.4, 0.5) is 11.4 Å². The van der Waals surface area contributed by atoms with E-state index in [9.17, 15) is 0 Å². The number of hydrogen-bond donors (Lipinski definition) is 1. The van der Waals surface area contributed by atoms with Crippen molar-refractivity contribution in [1.82, 2.24) is 5.32 Å². The van der Waals surface area contributed by atoms with E-state index in [0.717, 1.165) is 29.6 Å². The molecular weight excluding hydrogens is 371 g/mol. The SMILES string of the molecule is CC.Clc1ccc2c(c1)Sc1cc(Cl)ccc1N2C1CCCNCC1. The third kappa shape index (κ3) is 4.11. The monoisotopic (exact) mass is 394 g/mol. The van der Waals surface area contributed by atoms with Crippen LogP contribution in [-0.2, 0) is 0 Å². The normalized spacial score (nSPS) is 19.2. The summed E-state index contributed by atoms with van der Waals surface area (Å²) in [6.45, 7) is 6.18. The number of hydrogen-bond acceptors (Lipinski definition) is 3. The average molecular weight is 395 g/mol. The molecule has 25 heavy (non-hydrogen) atoms. The molecule has 0 amide bonds. The van der Waals surface area contributed by atoms with E-state index < -0.39 is 0 Å². The Bertz CT molecular complexity index is 676. The lowest BCUT2D eigenvalue weighted by Gasteiger charge is -2.38. The third-order valence-electron chi connectivity index (χ3n) is 4.49. The number of anilines is 2. The Kier molecular flexibility index (Phi) is 6.56. The topological polar surface area (TPSA) is 15.3 Å². The summed E-state index contributed by atoms with van der Waals surface area (Å²) in [4.78, 5) is 4.93. The van der Waals surface area contributed by atoms with Gasteiger partial charge in [-0.15, -0.1) is 0 Å². The van der Waals surface area contributed by atoms with Crippen LogP contribution in [0.1, 0.15) is 33.1 Å². The van der Waals surface area contributed by atoms with Crippen LogP contribution in [0.2, 0.25) is 10.0 Å². The van der Waals surface area contributed by atoms with E-state index in [1.54, 1.807) is 11.8 Å². The zero-order valence-corrected chi connectivity index (χ0v) is 17.0. The van der Waals surface area contributed by atoms with Gasteiger partial charge in [-0.25, -0.2) is 0 Å². The van der Waals surface area contributed by atoms with E-state index in [2.05, 4.69) is 34.5 Å². The van der Waals surface area contributed by atoms with Crippen molar-refractivity contribution in [1.29, 1.82) is 0 Å². The molecule has 1 atom stereocenters. The predicted octanol–water partition coefficient (Wildman–Crippen LogP) is 6.76. The maximum atomic E-state index is 6.23. The van der Waals surface area contributed by atoms with Crippen molar-refractivity contribution in [3.63, 3.8) is 0 Å². The van der Waals surface area contributed by atoms with Crippen molar-refractivity contribution in [2.24, 2.45) is 0 Å². The van der Waals surface area contributed by atoms with Crippen molar-refractivity contribution in [2.75, 3.05) is 18.0 Å². The van der Waals surface area contributed by atoms with Crippen molar-refractivity contribution >= 4 is 46.3 Å². The third-order valence-corrected chi connectivity index (χ3v) is 6.06. The summed E-state index contributed by atoms with van der Waals surface area (Å²) in [5, 5.41) is 5.07. The number of nitrogens with one attached hydrogen (secondary N) is 1. The highest BCUT2D eigenvalue weighted by Gasteiger charge is 2.29. The maximum absolute atomic E-state index is 6.23. The van der Waals surface area contributed by atoms with E-state index in [4.69, 9.17) is 23.2 Å². The lowest BCUT2D eigenvalue weighted by molar-refractivity contribution is 0.578. The van der Waals surface area contributed by atoms with Gasteiger partial charge < -0.3 is 10.2 Å². The first kappa shape index (κ1) is 18.9. The van der Waals surface area contributed by atoms with Gasteiger partial charge >= 0.3 is 0 Å². The summed E-state index contributed by atoms with van der Waals surface area (Å²) in [5.74, 6) is 0. The van der Waals surface area contributed by atoms with Crippen LogP contribution in [0.25, 0.3) is 0 Å². The van der Waals surface area contributed by atoms with Crippen molar-refractivity contribution in [3.8, 4) is 0 Å². The van der Waals surface area contributed by atoms with Gasteiger partial charge in [0.25, 0.3) is 0 Å². The summed E-state index contributed by atoms with van der Waals surface area (Å²) in [6.07, 6.45) is 3.55. The second-order valence-electron chi connectivity index (χ2n) is 6.03. The van der Waals surface area contributed by atoms with Crippen LogP contribution in [0.3, 0.4) is 0 Å². The lowest BCUT2D eigenvalue weighted by Crippen LogP contribution is -2.33. The van der Waals surface area contributed by atoms with E-state index in [-0.39, 0.29) is 0 Å². The number of halogens is 2. The number of fused-ring (bicyclic) bond motifs is 2. The molecule has 2 nitrogen and oxygen atoms in total. The number of nitrogens with zero attached hydrogens (tertiary/aromatic N) is 1. The molecule has 1 fully saturated rings. The minimum atomic E-state index is 0.505. The van der Waals surface area contributed by atoms with Gasteiger partial charge in [0.05, 0.1) is 11.4 Å². The second-order valence-corrected chi connectivity index (χ2v) is 7.99. The molecule has 1 unspecified atom stereocenters. The largest absolute Gasteiger partial charge is 0.336 e. The molecule has 0 aliphatic carbocycles. The Hall–Kier alpha value is -0.870. The fourth-order valence-electron chi connectivity index (χ4n) is 3.44. The van der Waals surface area contributed by atoms with Crippen LogP contribution < -0.4 is 10.2 Å². The van der Waals surface area contributed by atoms with Gasteiger partial charge in [0, 0.05) is 25.9 Å². The average Bonchev–Trinajstić information content (AvgIpc) is 2.90. The Labute approximate surface area is 164 Å². The van der Waals surface area contributed by atoms with Gasteiger partial charge in [-0.2, -0.15) is 0 Å². The molecule has 2 aromatic carbocycles. The Morgan fingerprint density at radius 1 is 0.920 bits per heavy atom. The van der Waals surface area contributed by atoms with Crippen molar-refractivity contribution in [2.45, 2.75) is 48.9 Å². The van der Waals surface area contributed by atoms with Crippen LogP contribution in [0.15, 0.2) is 46.2 Å². The molecule has 0 saturated carbocycles. The van der Waals surface area contributed by atoms with E-state index in [0.29, 0.717) is 6.04 Å². The molecule has 0 aromatic heterocycles. The highest BCUT2D eigenvalue weighted by atomic mass is 35.5. The first-order valence-electron chi connectivity index (χ1n) is 8.99. The van der Waals surface area contributed by atoms with Crippen LogP contribution >= 0.6 is 35.0 Å². The zero-order valence-electron chi connectivity index (χ0n) is 14.7. The molecular formula is C20H24Cl2N2S. The van der Waals surface area contributed by atoms with Crippen LogP contribution in [-0.4, -0.2) is 19.1 Å². The minimum absolute atomic E-state index is 0.505. The summed E-state index contributed by atoms with van der Waals surface area (Å²) >= 11 is 14.2. The molecule has 0 spiro atoms. The molecule has 134 valence electrons. The molecule has 2 aliphatic rings. The molecule has 0 bridgehead atoms. The van der Waals surface area contributed by atoms with Crippen molar-refractivity contribution < 1.29 is 0 Å². The Morgan fingerprint density at radius 3 is 2.12 bits per heavy atom. The summed E-state index contributed by atoms with van der Waals surface area (Å²) < 4.78 is 0. The zero-order chi connectivity index (χ0) is 17.8. The van der Waals surface area contributed by atoms with Gasteiger partial charge in [0.15, 0.2) is 0 Å². The number of rotatable bonds is 1. The number of benzene rings is 2. The smallest absolute Gasteiger partial charge is 0.0556 e. The molecule has 2 aromatic rings. The predicted molar refractivity (Wildman–Crippen MR) is 111 cm³/mol. The molecule has 0 radical (unpaired) electrons. The highest BCUT2D eigenvalue weighted by molar-refractivity contribution is 7.99. The van der Waals surface area contributed by atoms with Gasteiger partial charge in [-0.1, -0.05) is 48.8 Å². The fourth-order valence-corrected chi connectivity index (χ4v) is 5.06. The minimum Gasteiger partial charge on any atom is -0.336 e. The van der Waals surface area contributed by atoms with Crippen LogP contribution in [0.5, 0.6) is 0 Å². The van der Waals surface area contributed by atoms with E-state index >= 15 is 0 Å². The Balaban J connectivity index is 0.000000880. The first-order valence-corrected chi connectivity index (χ1v) is 10.6. The highest BCUT2D eigenvalue weighted by Crippen LogP contribution is 2.51. The van der Waals surface area contributed by atoms with Gasteiger partial charge in [-0.05, 0) is 68.8 Å². The van der Waals surface area contributed by atoms with Crippen molar-refractivity contribution in [3.05, 3.63) is 46.4 Å². The van der Waals surface area contributed by atoms with E-state index in [1.807, 2.05) is 26.0 Å². The first-order chi connectivity index (χ1) is 12.2. The molecule has 2 aliphatic heterocycles. The molecule has 1 saturated heterocycles. The maximum Gasteiger partial charge on any atom is 0.0556 e. The standard InChI is InChI=1S/C18H18Cl2N2S.C2H6/c19-12-3-5-15-17(10-12)23-18-11-13(20)4-6-16(18)22(15)14-2-1-8-21-9-7-14;1-2/h3-6,10-11,14,21H,1-2,7-9H2;1-2H3. The van der Waals surface area contributed by atoms with Gasteiger partial charge in [0.1, 0.15) is 0 Å². The Morgan fingerprint density at radius 2 is 1.52 bits per heavy atom. The second kappa shape index (κ2) is 8.68. The fraction of sp³-hybridized carbons (Fsp3) is 0.400. The quantitative estimate of drug-likeness (QED) is 0.574. The summed E-state index contributed by atoms with van der Waals surface area (Å²) in [6, 6.07) is 12.9. The summed E-state index contributed by atoms with van der Waals surface area (Å²) in [7, 11) is 0.